The lowest BCUT2D eigenvalue weighted by atomic mass is 9.98. The lowest BCUT2D eigenvalue weighted by Gasteiger charge is -2.31. The minimum absolute atomic E-state index is 0.0207. The molecule has 0 saturated carbocycles. The minimum Gasteiger partial charge on any atom is -0.455 e. The number of benzene rings is 2. The third-order valence-corrected chi connectivity index (χ3v) is 7.90. The average molecular weight is 461 g/mol. The van der Waals surface area contributed by atoms with E-state index in [2.05, 4.69) is 0 Å². The van der Waals surface area contributed by atoms with Crippen LogP contribution in [0.1, 0.15) is 24.8 Å². The molecule has 32 heavy (non-hydrogen) atoms. The maximum Gasteiger partial charge on any atom is 0.309 e. The Kier molecular flexibility index (Phi) is 6.57. The molecule has 0 aromatic heterocycles. The van der Waals surface area contributed by atoms with Crippen molar-refractivity contribution in [1.82, 2.24) is 4.31 Å². The van der Waals surface area contributed by atoms with Crippen LogP contribution in [0.2, 0.25) is 0 Å². The number of piperidine rings is 1. The summed E-state index contributed by atoms with van der Waals surface area (Å²) in [7, 11) is -3.74. The average Bonchev–Trinajstić information content (AvgIpc) is 2.82. The van der Waals surface area contributed by atoms with Crippen LogP contribution in [-0.4, -0.2) is 50.8 Å². The highest BCUT2D eigenvalue weighted by molar-refractivity contribution is 7.89. The van der Waals surface area contributed by atoms with Crippen LogP contribution in [0.4, 0.5) is 10.1 Å². The van der Waals surface area contributed by atoms with Crippen LogP contribution < -0.4 is 4.90 Å². The standard InChI is InChI=1S/C23H25FN2O5S/c24-19-7-9-20(10-8-19)32(29,30)25-14-11-18(12-15-25)23(28)31-16-22(27)26-13-3-5-17-4-1-2-6-21(17)26/h1-2,4,6-10,18H,3,5,11-16H2. The molecule has 2 aliphatic rings. The van der Waals surface area contributed by atoms with Crippen molar-refractivity contribution in [3.05, 3.63) is 59.9 Å². The molecular weight excluding hydrogens is 435 g/mol. The molecule has 1 amide bonds. The fourth-order valence-electron chi connectivity index (χ4n) is 4.21. The number of carbonyl (C=O) groups excluding carboxylic acids is 2. The first-order valence-corrected chi connectivity index (χ1v) is 12.1. The number of nitrogens with zero attached hydrogens (tertiary/aromatic N) is 2. The topological polar surface area (TPSA) is 84.0 Å². The van der Waals surface area contributed by atoms with Crippen molar-refractivity contribution >= 4 is 27.6 Å². The van der Waals surface area contributed by atoms with E-state index in [4.69, 9.17) is 4.74 Å². The molecule has 0 aliphatic carbocycles. The zero-order valence-electron chi connectivity index (χ0n) is 17.6. The molecule has 0 bridgehead atoms. The number of hydrogen-bond donors (Lipinski definition) is 0. The van der Waals surface area contributed by atoms with E-state index in [0.29, 0.717) is 19.4 Å². The normalized spacial score (nSPS) is 17.6. The number of para-hydroxylation sites is 1. The third-order valence-electron chi connectivity index (χ3n) is 5.99. The van der Waals surface area contributed by atoms with Crippen LogP contribution >= 0.6 is 0 Å². The Morgan fingerprint density at radius 3 is 2.41 bits per heavy atom. The van der Waals surface area contributed by atoms with E-state index in [-0.39, 0.29) is 30.5 Å². The van der Waals surface area contributed by atoms with Crippen molar-refractivity contribution in [3.8, 4) is 0 Å². The van der Waals surface area contributed by atoms with E-state index in [0.717, 1.165) is 36.2 Å². The zero-order chi connectivity index (χ0) is 22.7. The highest BCUT2D eigenvalue weighted by Gasteiger charge is 2.33. The number of halogens is 1. The second kappa shape index (κ2) is 9.38. The third kappa shape index (κ3) is 4.68. The molecule has 170 valence electrons. The first kappa shape index (κ1) is 22.4. The smallest absolute Gasteiger partial charge is 0.309 e. The Labute approximate surface area is 186 Å². The number of amides is 1. The fourth-order valence-corrected chi connectivity index (χ4v) is 5.68. The fraction of sp³-hybridized carbons (Fsp3) is 0.391. The number of fused-ring (bicyclic) bond motifs is 1. The molecule has 0 spiro atoms. The molecule has 0 atom stereocenters. The number of ether oxygens (including phenoxy) is 1. The maximum absolute atomic E-state index is 13.1. The quantitative estimate of drug-likeness (QED) is 0.641. The van der Waals surface area contributed by atoms with Crippen molar-refractivity contribution in [1.29, 1.82) is 0 Å². The largest absolute Gasteiger partial charge is 0.455 e. The summed E-state index contributed by atoms with van der Waals surface area (Å²) in [6, 6.07) is 12.4. The van der Waals surface area contributed by atoms with Crippen LogP contribution in [0, 0.1) is 11.7 Å². The van der Waals surface area contributed by atoms with Gasteiger partial charge in [0.05, 0.1) is 10.8 Å². The Hall–Kier alpha value is -2.78. The molecule has 2 heterocycles. The van der Waals surface area contributed by atoms with Crippen molar-refractivity contribution in [2.24, 2.45) is 5.92 Å². The van der Waals surface area contributed by atoms with Gasteiger partial charge in [0, 0.05) is 25.3 Å². The van der Waals surface area contributed by atoms with Gasteiger partial charge in [0.25, 0.3) is 5.91 Å². The molecule has 4 rings (SSSR count). The van der Waals surface area contributed by atoms with Crippen LogP contribution in [0.25, 0.3) is 0 Å². The molecule has 2 aliphatic heterocycles. The molecule has 9 heteroatoms. The van der Waals surface area contributed by atoms with Gasteiger partial charge < -0.3 is 9.64 Å². The van der Waals surface area contributed by atoms with Crippen LogP contribution in [-0.2, 0) is 30.8 Å². The molecule has 2 aromatic carbocycles. The van der Waals surface area contributed by atoms with E-state index < -0.39 is 27.7 Å². The van der Waals surface area contributed by atoms with Crippen molar-refractivity contribution in [2.45, 2.75) is 30.6 Å². The first-order valence-electron chi connectivity index (χ1n) is 10.7. The van der Waals surface area contributed by atoms with Crippen molar-refractivity contribution < 1.29 is 27.1 Å². The summed E-state index contributed by atoms with van der Waals surface area (Å²) in [5, 5.41) is 0. The van der Waals surface area contributed by atoms with E-state index in [1.165, 1.54) is 16.4 Å². The lowest BCUT2D eigenvalue weighted by Crippen LogP contribution is -2.42. The van der Waals surface area contributed by atoms with E-state index >= 15 is 0 Å². The summed E-state index contributed by atoms with van der Waals surface area (Å²) in [5.41, 5.74) is 1.97. The number of hydrogen-bond acceptors (Lipinski definition) is 5. The molecule has 0 radical (unpaired) electrons. The number of aryl methyl sites for hydroxylation is 1. The summed E-state index contributed by atoms with van der Waals surface area (Å²) in [6.07, 6.45) is 2.39. The Bertz CT molecular complexity index is 1100. The summed E-state index contributed by atoms with van der Waals surface area (Å²) >= 11 is 0. The van der Waals surface area contributed by atoms with Gasteiger partial charge in [-0.1, -0.05) is 18.2 Å². The van der Waals surface area contributed by atoms with Crippen LogP contribution in [0.5, 0.6) is 0 Å². The van der Waals surface area contributed by atoms with Gasteiger partial charge in [-0.05, 0) is 61.6 Å². The Balaban J connectivity index is 1.30. The molecule has 7 nitrogen and oxygen atoms in total. The molecule has 2 aromatic rings. The number of anilines is 1. The summed E-state index contributed by atoms with van der Waals surface area (Å²) < 4.78 is 45.1. The Morgan fingerprint density at radius 1 is 1.00 bits per heavy atom. The SMILES string of the molecule is O=C(OCC(=O)N1CCCc2ccccc21)C1CCN(S(=O)(=O)c2ccc(F)cc2)CC1. The zero-order valence-corrected chi connectivity index (χ0v) is 18.4. The molecular formula is C23H25FN2O5S. The van der Waals surface area contributed by atoms with Gasteiger partial charge in [0.1, 0.15) is 5.82 Å². The van der Waals surface area contributed by atoms with Gasteiger partial charge >= 0.3 is 5.97 Å². The molecule has 0 unspecified atom stereocenters. The van der Waals surface area contributed by atoms with Gasteiger partial charge in [-0.2, -0.15) is 4.31 Å². The predicted octanol–water partition coefficient (Wildman–Crippen LogP) is 2.75. The van der Waals surface area contributed by atoms with Gasteiger partial charge in [0.2, 0.25) is 10.0 Å². The first-order chi connectivity index (χ1) is 15.4. The molecule has 0 N–H and O–H groups in total. The highest BCUT2D eigenvalue weighted by atomic mass is 32.2. The summed E-state index contributed by atoms with van der Waals surface area (Å²) in [5.74, 6) is -1.71. The van der Waals surface area contributed by atoms with Crippen molar-refractivity contribution in [3.63, 3.8) is 0 Å². The number of esters is 1. The van der Waals surface area contributed by atoms with Crippen molar-refractivity contribution in [2.75, 3.05) is 31.1 Å². The lowest BCUT2D eigenvalue weighted by molar-refractivity contribution is -0.153. The predicted molar refractivity (Wildman–Crippen MR) is 116 cm³/mol. The second-order valence-electron chi connectivity index (χ2n) is 8.02. The number of carbonyl (C=O) groups is 2. The second-order valence-corrected chi connectivity index (χ2v) is 9.96. The monoisotopic (exact) mass is 460 g/mol. The van der Waals surface area contributed by atoms with E-state index in [1.54, 1.807) is 4.90 Å². The highest BCUT2D eigenvalue weighted by Crippen LogP contribution is 2.27. The van der Waals surface area contributed by atoms with Gasteiger partial charge in [0.15, 0.2) is 6.61 Å². The van der Waals surface area contributed by atoms with Crippen LogP contribution in [0.3, 0.4) is 0 Å². The van der Waals surface area contributed by atoms with Crippen LogP contribution in [0.15, 0.2) is 53.4 Å². The molecule has 1 saturated heterocycles. The Morgan fingerprint density at radius 2 is 1.69 bits per heavy atom. The minimum atomic E-state index is -3.74. The van der Waals surface area contributed by atoms with Gasteiger partial charge in [-0.3, -0.25) is 9.59 Å². The van der Waals surface area contributed by atoms with Gasteiger partial charge in [-0.25, -0.2) is 12.8 Å². The van der Waals surface area contributed by atoms with E-state index in [1.807, 2.05) is 24.3 Å². The summed E-state index contributed by atoms with van der Waals surface area (Å²) in [6.45, 7) is 0.578. The number of rotatable bonds is 5. The summed E-state index contributed by atoms with van der Waals surface area (Å²) in [4.78, 5) is 26.8. The number of sulfonamides is 1. The maximum atomic E-state index is 13.1. The van der Waals surface area contributed by atoms with E-state index in [9.17, 15) is 22.4 Å². The van der Waals surface area contributed by atoms with Gasteiger partial charge in [-0.15, -0.1) is 0 Å². The molecule has 1 fully saturated rings.